The van der Waals surface area contributed by atoms with E-state index in [0.717, 1.165) is 12.1 Å². The lowest BCUT2D eigenvalue weighted by atomic mass is 10.2. The maximum atomic E-state index is 13.5. The molecule has 2 aromatic rings. The Bertz CT molecular complexity index is 608. The summed E-state index contributed by atoms with van der Waals surface area (Å²) < 4.78 is 27.6. The number of hydrogen-bond acceptors (Lipinski definition) is 2. The number of rotatable bonds is 3. The normalized spacial score (nSPS) is 10.6. The highest BCUT2D eigenvalue weighted by Crippen LogP contribution is 2.14. The molecule has 1 aromatic carbocycles. The summed E-state index contributed by atoms with van der Waals surface area (Å²) in [6.07, 6.45) is 1.21. The molecule has 2 rings (SSSR count). The number of imidazole rings is 1. The topological polar surface area (TPSA) is 55.1 Å². The van der Waals surface area contributed by atoms with E-state index in [2.05, 4.69) is 4.98 Å². The number of aromatic nitrogens is 2. The number of aromatic carboxylic acids is 1. The minimum absolute atomic E-state index is 0.000417. The second kappa shape index (κ2) is 4.56. The minimum atomic E-state index is -1.14. The van der Waals surface area contributed by atoms with E-state index in [0.29, 0.717) is 5.82 Å². The summed E-state index contributed by atoms with van der Waals surface area (Å²) in [5.74, 6) is -2.06. The fourth-order valence-corrected chi connectivity index (χ4v) is 1.66. The van der Waals surface area contributed by atoms with E-state index in [1.807, 2.05) is 0 Å². The van der Waals surface area contributed by atoms with Crippen LogP contribution in [0.3, 0.4) is 0 Å². The van der Waals surface area contributed by atoms with Crippen LogP contribution in [0.4, 0.5) is 8.78 Å². The molecule has 94 valence electrons. The zero-order valence-corrected chi connectivity index (χ0v) is 9.52. The van der Waals surface area contributed by atoms with Gasteiger partial charge in [-0.15, -0.1) is 0 Å². The van der Waals surface area contributed by atoms with E-state index in [9.17, 15) is 13.6 Å². The highest BCUT2D eigenvalue weighted by atomic mass is 19.1. The first kappa shape index (κ1) is 12.2. The van der Waals surface area contributed by atoms with Gasteiger partial charge in [-0.1, -0.05) is 6.07 Å². The van der Waals surface area contributed by atoms with E-state index in [4.69, 9.17) is 5.11 Å². The lowest BCUT2D eigenvalue weighted by Gasteiger charge is -2.08. The zero-order chi connectivity index (χ0) is 13.3. The Hall–Kier alpha value is -2.24. The number of aryl methyl sites for hydroxylation is 1. The summed E-state index contributed by atoms with van der Waals surface area (Å²) in [5.41, 5.74) is 0.177. The average Bonchev–Trinajstić information content (AvgIpc) is 2.64. The van der Waals surface area contributed by atoms with Gasteiger partial charge in [0.15, 0.2) is 0 Å². The van der Waals surface area contributed by atoms with Crippen molar-refractivity contribution in [3.63, 3.8) is 0 Å². The molecule has 0 radical (unpaired) electrons. The van der Waals surface area contributed by atoms with Crippen LogP contribution in [0.2, 0.25) is 0 Å². The quantitative estimate of drug-likeness (QED) is 0.911. The van der Waals surface area contributed by atoms with Crippen molar-refractivity contribution in [2.75, 3.05) is 0 Å². The summed E-state index contributed by atoms with van der Waals surface area (Å²) in [5, 5.41) is 8.96. The molecule has 0 bridgehead atoms. The van der Waals surface area contributed by atoms with Crippen molar-refractivity contribution in [1.29, 1.82) is 0 Å². The number of carboxylic acid groups (broad SMARTS) is 1. The van der Waals surface area contributed by atoms with Crippen LogP contribution in [0.25, 0.3) is 0 Å². The molecule has 0 unspecified atom stereocenters. The predicted molar refractivity (Wildman–Crippen MR) is 59.4 cm³/mol. The number of nitrogens with zero attached hydrogens (tertiary/aromatic N) is 2. The lowest BCUT2D eigenvalue weighted by molar-refractivity contribution is 0.0685. The number of halogens is 2. The van der Waals surface area contributed by atoms with Gasteiger partial charge in [0, 0.05) is 11.6 Å². The Morgan fingerprint density at radius 3 is 2.78 bits per heavy atom. The maximum absolute atomic E-state index is 13.5. The summed E-state index contributed by atoms with van der Waals surface area (Å²) in [7, 11) is 0. The number of carboxylic acids is 1. The smallest absolute Gasteiger partial charge is 0.354 e. The van der Waals surface area contributed by atoms with Gasteiger partial charge in [0.2, 0.25) is 0 Å². The van der Waals surface area contributed by atoms with Gasteiger partial charge in [-0.3, -0.25) is 0 Å². The van der Waals surface area contributed by atoms with Crippen LogP contribution in [0.1, 0.15) is 21.9 Å². The standard InChI is InChI=1S/C12H10F2N2O2/c1-7-15-5-11(12(17)18)16(7)6-8-2-3-9(13)4-10(8)14/h2-5H,6H2,1H3,(H,17,18). The predicted octanol–water partition coefficient (Wildman–Crippen LogP) is 2.22. The molecule has 0 aliphatic carbocycles. The van der Waals surface area contributed by atoms with Gasteiger partial charge in [0.25, 0.3) is 0 Å². The molecule has 0 atom stereocenters. The largest absolute Gasteiger partial charge is 0.477 e. The van der Waals surface area contributed by atoms with Gasteiger partial charge in [-0.05, 0) is 13.0 Å². The minimum Gasteiger partial charge on any atom is -0.477 e. The van der Waals surface area contributed by atoms with Gasteiger partial charge in [0.05, 0.1) is 12.7 Å². The Balaban J connectivity index is 2.39. The molecule has 18 heavy (non-hydrogen) atoms. The summed E-state index contributed by atoms with van der Waals surface area (Å²) in [4.78, 5) is 14.8. The molecule has 6 heteroatoms. The molecular formula is C12H10F2N2O2. The fourth-order valence-electron chi connectivity index (χ4n) is 1.66. The summed E-state index contributed by atoms with van der Waals surface area (Å²) >= 11 is 0. The summed E-state index contributed by atoms with van der Waals surface area (Å²) in [6, 6.07) is 3.18. The van der Waals surface area contributed by atoms with Crippen molar-refractivity contribution in [3.8, 4) is 0 Å². The molecule has 1 aromatic heterocycles. The van der Waals surface area contributed by atoms with E-state index < -0.39 is 17.6 Å². The molecule has 0 saturated carbocycles. The first-order valence-corrected chi connectivity index (χ1v) is 5.18. The highest BCUT2D eigenvalue weighted by molar-refractivity contribution is 5.85. The van der Waals surface area contributed by atoms with E-state index in [1.54, 1.807) is 6.92 Å². The van der Waals surface area contributed by atoms with Gasteiger partial charge >= 0.3 is 5.97 Å². The van der Waals surface area contributed by atoms with Crippen molar-refractivity contribution in [2.24, 2.45) is 0 Å². The van der Waals surface area contributed by atoms with Crippen molar-refractivity contribution in [3.05, 3.63) is 53.1 Å². The number of benzene rings is 1. The van der Waals surface area contributed by atoms with E-state index >= 15 is 0 Å². The van der Waals surface area contributed by atoms with Crippen LogP contribution >= 0.6 is 0 Å². The van der Waals surface area contributed by atoms with Crippen LogP contribution in [-0.2, 0) is 6.54 Å². The van der Waals surface area contributed by atoms with E-state index in [1.165, 1.54) is 16.8 Å². The van der Waals surface area contributed by atoms with Crippen molar-refractivity contribution in [1.82, 2.24) is 9.55 Å². The Kier molecular flexibility index (Phi) is 3.10. The van der Waals surface area contributed by atoms with E-state index in [-0.39, 0.29) is 17.8 Å². The first-order valence-electron chi connectivity index (χ1n) is 5.18. The Labute approximate surface area is 102 Å². The SMILES string of the molecule is Cc1ncc(C(=O)O)n1Cc1ccc(F)cc1F. The molecule has 1 N–H and O–H groups in total. The number of hydrogen-bond donors (Lipinski definition) is 1. The molecule has 0 saturated heterocycles. The molecule has 0 spiro atoms. The number of carbonyl (C=O) groups is 1. The molecule has 0 amide bonds. The molecule has 4 nitrogen and oxygen atoms in total. The highest BCUT2D eigenvalue weighted by Gasteiger charge is 2.15. The van der Waals surface area contributed by atoms with Gasteiger partial charge in [0.1, 0.15) is 23.2 Å². The molecule has 1 heterocycles. The molecule has 0 fully saturated rings. The average molecular weight is 252 g/mol. The maximum Gasteiger partial charge on any atom is 0.354 e. The van der Waals surface area contributed by atoms with Crippen LogP contribution in [-0.4, -0.2) is 20.6 Å². The second-order valence-corrected chi connectivity index (χ2v) is 3.82. The Morgan fingerprint density at radius 1 is 1.44 bits per heavy atom. The molecule has 0 aliphatic heterocycles. The van der Waals surface area contributed by atoms with Crippen LogP contribution in [0.5, 0.6) is 0 Å². The zero-order valence-electron chi connectivity index (χ0n) is 9.52. The van der Waals surface area contributed by atoms with Gasteiger partial charge < -0.3 is 9.67 Å². The summed E-state index contributed by atoms with van der Waals surface area (Å²) in [6.45, 7) is 1.62. The van der Waals surface area contributed by atoms with Crippen LogP contribution in [0.15, 0.2) is 24.4 Å². The van der Waals surface area contributed by atoms with Crippen molar-refractivity contribution < 1.29 is 18.7 Å². The van der Waals surface area contributed by atoms with Crippen LogP contribution in [0, 0.1) is 18.6 Å². The second-order valence-electron chi connectivity index (χ2n) is 3.82. The third kappa shape index (κ3) is 2.22. The first-order chi connectivity index (χ1) is 8.49. The third-order valence-corrected chi connectivity index (χ3v) is 2.62. The Morgan fingerprint density at radius 2 is 2.17 bits per heavy atom. The molecular weight excluding hydrogens is 242 g/mol. The van der Waals surface area contributed by atoms with Gasteiger partial charge in [-0.25, -0.2) is 18.6 Å². The monoisotopic (exact) mass is 252 g/mol. The van der Waals surface area contributed by atoms with Gasteiger partial charge in [-0.2, -0.15) is 0 Å². The third-order valence-electron chi connectivity index (χ3n) is 2.62. The lowest BCUT2D eigenvalue weighted by Crippen LogP contribution is -2.11. The van der Waals surface area contributed by atoms with Crippen molar-refractivity contribution in [2.45, 2.75) is 13.5 Å². The molecule has 0 aliphatic rings. The van der Waals surface area contributed by atoms with Crippen molar-refractivity contribution >= 4 is 5.97 Å². The van der Waals surface area contributed by atoms with Crippen LogP contribution < -0.4 is 0 Å². The fraction of sp³-hybridized carbons (Fsp3) is 0.167.